The van der Waals surface area contributed by atoms with E-state index in [-0.39, 0.29) is 36.0 Å². The summed E-state index contributed by atoms with van der Waals surface area (Å²) in [6, 6.07) is 8.73. The van der Waals surface area contributed by atoms with Crippen molar-refractivity contribution in [1.29, 1.82) is 0 Å². The highest BCUT2D eigenvalue weighted by Crippen LogP contribution is 2.16. The lowest BCUT2D eigenvalue weighted by atomic mass is 10.2. The van der Waals surface area contributed by atoms with Crippen LogP contribution in [-0.2, 0) is 15.3 Å². The van der Waals surface area contributed by atoms with Crippen LogP contribution in [0.3, 0.4) is 0 Å². The summed E-state index contributed by atoms with van der Waals surface area (Å²) < 4.78 is 5.53. The number of nitrogens with one attached hydrogen (secondary N) is 1. The Labute approximate surface area is 195 Å². The van der Waals surface area contributed by atoms with Gasteiger partial charge in [-0.2, -0.15) is 11.8 Å². The van der Waals surface area contributed by atoms with Crippen molar-refractivity contribution >= 4 is 47.6 Å². The fraction of sp³-hybridized carbons (Fsp3) is 0.619. The summed E-state index contributed by atoms with van der Waals surface area (Å²) in [4.78, 5) is 21.1. The molecule has 1 amide bonds. The highest BCUT2D eigenvalue weighted by Gasteiger charge is 2.30. The van der Waals surface area contributed by atoms with Gasteiger partial charge in [-0.15, -0.1) is 24.0 Å². The highest BCUT2D eigenvalue weighted by atomic mass is 127. The summed E-state index contributed by atoms with van der Waals surface area (Å²) in [5.74, 6) is 3.15. The fourth-order valence-corrected chi connectivity index (χ4v) is 4.38. The average Bonchev–Trinajstić information content (AvgIpc) is 3.27. The van der Waals surface area contributed by atoms with Gasteiger partial charge in [-0.1, -0.05) is 29.8 Å². The van der Waals surface area contributed by atoms with Crippen LogP contribution in [0.2, 0.25) is 0 Å². The van der Waals surface area contributed by atoms with Gasteiger partial charge in [-0.05, 0) is 25.3 Å². The fourth-order valence-electron chi connectivity index (χ4n) is 3.56. The molecule has 0 radical (unpaired) electrons. The molecule has 1 aromatic rings. The first-order valence-corrected chi connectivity index (χ1v) is 11.3. The summed E-state index contributed by atoms with van der Waals surface area (Å²) >= 11 is 1.93. The minimum Gasteiger partial charge on any atom is -0.368 e. The maximum Gasteiger partial charge on any atom is 0.251 e. The number of guanidine groups is 1. The summed E-state index contributed by atoms with van der Waals surface area (Å²) in [6.07, 6.45) is 1.65. The van der Waals surface area contributed by atoms with Crippen LogP contribution in [0.1, 0.15) is 24.0 Å². The van der Waals surface area contributed by atoms with Gasteiger partial charge in [0.05, 0.1) is 0 Å². The molecule has 2 aliphatic rings. The normalized spacial score (nSPS) is 19.8. The number of nitrogens with zero attached hydrogens (tertiary/aromatic N) is 3. The summed E-state index contributed by atoms with van der Waals surface area (Å²) in [6.45, 7) is 6.82. The van der Waals surface area contributed by atoms with E-state index in [0.717, 1.165) is 69.6 Å². The van der Waals surface area contributed by atoms with E-state index in [1.165, 1.54) is 11.1 Å². The Kier molecular flexibility index (Phi) is 10.6. The molecule has 1 unspecified atom stereocenters. The zero-order valence-electron chi connectivity index (χ0n) is 17.4. The molecular weight excluding hydrogens is 499 g/mol. The lowest BCUT2D eigenvalue weighted by Gasteiger charge is -2.37. The number of ether oxygens (including phenoxy) is 1. The molecular formula is C21H33IN4O2S. The van der Waals surface area contributed by atoms with E-state index in [1.54, 1.807) is 0 Å². The van der Waals surface area contributed by atoms with Crippen molar-refractivity contribution < 1.29 is 9.53 Å². The van der Waals surface area contributed by atoms with Crippen molar-refractivity contribution in [1.82, 2.24) is 15.1 Å². The van der Waals surface area contributed by atoms with Gasteiger partial charge in [0, 0.05) is 57.9 Å². The van der Waals surface area contributed by atoms with Crippen LogP contribution < -0.4 is 5.32 Å². The van der Waals surface area contributed by atoms with E-state index in [4.69, 9.17) is 4.74 Å². The third-order valence-corrected chi connectivity index (χ3v) is 6.26. The van der Waals surface area contributed by atoms with Crippen molar-refractivity contribution in [2.75, 3.05) is 52.1 Å². The third-order valence-electron chi connectivity index (χ3n) is 5.23. The van der Waals surface area contributed by atoms with Gasteiger partial charge in [0.2, 0.25) is 0 Å². The van der Waals surface area contributed by atoms with Crippen molar-refractivity contribution in [2.24, 2.45) is 4.99 Å². The van der Waals surface area contributed by atoms with Gasteiger partial charge in [0.25, 0.3) is 5.91 Å². The molecule has 6 nitrogen and oxygen atoms in total. The first kappa shape index (κ1) is 24.3. The molecule has 1 atom stereocenters. The molecule has 2 saturated heterocycles. The molecule has 2 heterocycles. The van der Waals surface area contributed by atoms with Crippen LogP contribution in [0.25, 0.3) is 0 Å². The van der Waals surface area contributed by atoms with Crippen LogP contribution >= 0.6 is 35.7 Å². The first-order chi connectivity index (χ1) is 13.7. The van der Waals surface area contributed by atoms with Crippen molar-refractivity contribution in [3.05, 3.63) is 35.4 Å². The Morgan fingerprint density at radius 2 is 1.90 bits per heavy atom. The number of carbonyl (C=O) groups is 1. The lowest BCUT2D eigenvalue weighted by Crippen LogP contribution is -2.55. The Bertz CT molecular complexity index is 657. The molecule has 0 saturated carbocycles. The van der Waals surface area contributed by atoms with E-state index in [1.807, 2.05) is 23.7 Å². The molecule has 0 spiro atoms. The van der Waals surface area contributed by atoms with Crippen LogP contribution in [0.15, 0.2) is 29.3 Å². The predicted molar refractivity (Wildman–Crippen MR) is 131 cm³/mol. The second-order valence-electron chi connectivity index (χ2n) is 7.33. The second kappa shape index (κ2) is 12.6. The van der Waals surface area contributed by atoms with Crippen LogP contribution in [0.4, 0.5) is 0 Å². The molecule has 3 rings (SSSR count). The van der Waals surface area contributed by atoms with Crippen LogP contribution in [0.5, 0.6) is 0 Å². The Hall–Kier alpha value is -1.00. The first-order valence-electron chi connectivity index (χ1n) is 10.2. The number of benzene rings is 1. The van der Waals surface area contributed by atoms with Gasteiger partial charge in [-0.25, -0.2) is 0 Å². The second-order valence-corrected chi connectivity index (χ2v) is 8.43. The van der Waals surface area contributed by atoms with Crippen molar-refractivity contribution in [2.45, 2.75) is 31.6 Å². The number of amides is 1. The van der Waals surface area contributed by atoms with Gasteiger partial charge >= 0.3 is 0 Å². The number of aryl methyl sites for hydroxylation is 1. The van der Waals surface area contributed by atoms with Crippen LogP contribution in [0, 0.1) is 6.92 Å². The largest absolute Gasteiger partial charge is 0.368 e. The number of halogens is 1. The zero-order chi connectivity index (χ0) is 19.8. The highest BCUT2D eigenvalue weighted by molar-refractivity contribution is 14.0. The number of hydrogen-bond donors (Lipinski definition) is 1. The standard InChI is InChI=1S/C21H32N4O2S.HI/c1-17-5-7-18(8-6-17)16-28-15-9-23-21(22-2)25-12-10-24(11-13-25)20(26)19-4-3-14-27-19;/h5-8,19H,3-4,9-16H2,1-2H3,(H,22,23);1H. The Balaban J connectivity index is 0.00000300. The quantitative estimate of drug-likeness (QED) is 0.264. The molecule has 0 bridgehead atoms. The number of hydrogen-bond acceptors (Lipinski definition) is 4. The van der Waals surface area contributed by atoms with E-state index in [0.29, 0.717) is 0 Å². The van der Waals surface area contributed by atoms with Gasteiger partial charge in [0.1, 0.15) is 6.10 Å². The number of rotatable bonds is 6. The topological polar surface area (TPSA) is 57.2 Å². The van der Waals surface area contributed by atoms with E-state index >= 15 is 0 Å². The SMILES string of the molecule is CN=C(NCCSCc1ccc(C)cc1)N1CCN(C(=O)C2CCCO2)CC1.I. The molecule has 1 aromatic carbocycles. The minimum absolute atomic E-state index is 0. The number of thioether (sulfide) groups is 1. The number of aliphatic imine (C=N–C) groups is 1. The Morgan fingerprint density at radius 1 is 1.21 bits per heavy atom. The van der Waals surface area contributed by atoms with E-state index in [9.17, 15) is 4.79 Å². The molecule has 1 N–H and O–H groups in total. The molecule has 2 aliphatic heterocycles. The molecule has 0 aromatic heterocycles. The van der Waals surface area contributed by atoms with Crippen LogP contribution in [-0.4, -0.2) is 79.9 Å². The van der Waals surface area contributed by atoms with E-state index < -0.39 is 0 Å². The van der Waals surface area contributed by atoms with Crippen molar-refractivity contribution in [3.63, 3.8) is 0 Å². The number of carbonyl (C=O) groups excluding carboxylic acids is 1. The lowest BCUT2D eigenvalue weighted by molar-refractivity contribution is -0.142. The van der Waals surface area contributed by atoms with Gasteiger partial charge in [0.15, 0.2) is 5.96 Å². The molecule has 8 heteroatoms. The monoisotopic (exact) mass is 532 g/mol. The van der Waals surface area contributed by atoms with E-state index in [2.05, 4.69) is 46.4 Å². The third kappa shape index (κ3) is 7.32. The summed E-state index contributed by atoms with van der Waals surface area (Å²) in [5.41, 5.74) is 2.67. The maximum absolute atomic E-state index is 12.5. The maximum atomic E-state index is 12.5. The molecule has 0 aliphatic carbocycles. The van der Waals surface area contributed by atoms with Crippen molar-refractivity contribution in [3.8, 4) is 0 Å². The molecule has 29 heavy (non-hydrogen) atoms. The Morgan fingerprint density at radius 3 is 2.52 bits per heavy atom. The molecule has 2 fully saturated rings. The van der Waals surface area contributed by atoms with Gasteiger partial charge < -0.3 is 19.9 Å². The summed E-state index contributed by atoms with van der Waals surface area (Å²) in [5, 5.41) is 3.46. The smallest absolute Gasteiger partial charge is 0.251 e. The average molecular weight is 532 g/mol. The predicted octanol–water partition coefficient (Wildman–Crippen LogP) is 2.74. The van der Waals surface area contributed by atoms with Gasteiger partial charge in [-0.3, -0.25) is 9.79 Å². The zero-order valence-corrected chi connectivity index (χ0v) is 20.6. The molecule has 162 valence electrons. The minimum atomic E-state index is -0.213. The number of piperazine rings is 1. The summed E-state index contributed by atoms with van der Waals surface area (Å²) in [7, 11) is 1.83.